The number of carbonyl (C=O) groups is 1. The van der Waals surface area contributed by atoms with Crippen molar-refractivity contribution in [2.75, 3.05) is 0 Å². The topological polar surface area (TPSA) is 49.3 Å². The van der Waals surface area contributed by atoms with Crippen LogP contribution >= 0.6 is 0 Å². The van der Waals surface area contributed by atoms with Crippen molar-refractivity contribution in [1.29, 1.82) is 0 Å². The van der Waals surface area contributed by atoms with E-state index in [4.69, 9.17) is 5.21 Å². The van der Waals surface area contributed by atoms with Crippen molar-refractivity contribution < 1.29 is 10.0 Å². The Morgan fingerprint density at radius 1 is 1.31 bits per heavy atom. The quantitative estimate of drug-likeness (QED) is 0.311. The van der Waals surface area contributed by atoms with Crippen molar-refractivity contribution in [3.63, 3.8) is 0 Å². The van der Waals surface area contributed by atoms with E-state index in [1.807, 2.05) is 30.3 Å². The molecule has 0 saturated heterocycles. The molecule has 1 amide bonds. The van der Waals surface area contributed by atoms with Gasteiger partial charge in [0.25, 0.3) is 5.91 Å². The molecule has 2 N–H and O–H groups in total. The molecule has 0 unspecified atom stereocenters. The van der Waals surface area contributed by atoms with Crippen molar-refractivity contribution in [1.82, 2.24) is 5.48 Å². The average Bonchev–Trinajstić information content (AvgIpc) is 2.16. The van der Waals surface area contributed by atoms with Gasteiger partial charge in [0.1, 0.15) is 0 Å². The van der Waals surface area contributed by atoms with Gasteiger partial charge in [-0.05, 0) is 11.6 Å². The first-order valence-corrected chi connectivity index (χ1v) is 3.50. The van der Waals surface area contributed by atoms with Crippen LogP contribution in [0.5, 0.6) is 0 Å². The van der Waals surface area contributed by atoms with E-state index < -0.39 is 5.91 Å². The Morgan fingerprint density at radius 2 is 1.92 bits per heavy atom. The summed E-state index contributed by atoms with van der Waals surface area (Å²) in [6.45, 7) is 0. The summed E-state index contributed by atoms with van der Waals surface area (Å²) in [5, 5.41) is 8.16. The molecular formula is C9H9NNaO2. The monoisotopic (exact) mass is 186 g/mol. The zero-order valence-corrected chi connectivity index (χ0v) is 9.40. The third-order valence-corrected chi connectivity index (χ3v) is 1.34. The minimum atomic E-state index is -0.529. The summed E-state index contributed by atoms with van der Waals surface area (Å²) >= 11 is 0. The number of nitrogens with one attached hydrogen (secondary N) is 1. The molecule has 0 saturated carbocycles. The number of hydroxylamine groups is 1. The number of amides is 1. The first kappa shape index (κ1) is 12.4. The van der Waals surface area contributed by atoms with Crippen LogP contribution in [0.25, 0.3) is 6.08 Å². The van der Waals surface area contributed by atoms with Gasteiger partial charge in [0.05, 0.1) is 0 Å². The van der Waals surface area contributed by atoms with Gasteiger partial charge in [0, 0.05) is 35.6 Å². The molecule has 0 atom stereocenters. The molecular weight excluding hydrogens is 177 g/mol. The molecule has 1 radical (unpaired) electrons. The van der Waals surface area contributed by atoms with Crippen LogP contribution in [0.3, 0.4) is 0 Å². The van der Waals surface area contributed by atoms with Crippen molar-refractivity contribution in [3.05, 3.63) is 42.0 Å². The van der Waals surface area contributed by atoms with Crippen molar-refractivity contribution in [3.8, 4) is 0 Å². The van der Waals surface area contributed by atoms with Crippen LogP contribution in [0, 0.1) is 0 Å². The van der Waals surface area contributed by atoms with Gasteiger partial charge in [-0.3, -0.25) is 10.0 Å². The maximum absolute atomic E-state index is 10.5. The molecule has 0 aliphatic carbocycles. The summed E-state index contributed by atoms with van der Waals surface area (Å²) in [7, 11) is 0. The van der Waals surface area contributed by atoms with Crippen LogP contribution in [0.15, 0.2) is 36.4 Å². The molecule has 3 nitrogen and oxygen atoms in total. The molecule has 1 aromatic carbocycles. The average molecular weight is 186 g/mol. The number of hydrogen-bond acceptors (Lipinski definition) is 2. The van der Waals surface area contributed by atoms with Gasteiger partial charge in [0.2, 0.25) is 0 Å². The maximum Gasteiger partial charge on any atom is 0.267 e. The van der Waals surface area contributed by atoms with Crippen molar-refractivity contribution >= 4 is 41.5 Å². The minimum absolute atomic E-state index is 0. The fraction of sp³-hybridized carbons (Fsp3) is 0. The molecule has 0 aromatic heterocycles. The van der Waals surface area contributed by atoms with Crippen LogP contribution in [-0.2, 0) is 4.79 Å². The number of carbonyl (C=O) groups excluding carboxylic acids is 1. The SMILES string of the molecule is O=C(C=Cc1ccccc1)NO.[Na]. The van der Waals surface area contributed by atoms with Crippen LogP contribution in [-0.4, -0.2) is 40.7 Å². The van der Waals surface area contributed by atoms with Crippen LogP contribution < -0.4 is 5.48 Å². The molecule has 0 aliphatic rings. The second-order valence-corrected chi connectivity index (χ2v) is 2.22. The van der Waals surface area contributed by atoms with E-state index in [0.29, 0.717) is 0 Å². The van der Waals surface area contributed by atoms with Gasteiger partial charge in [-0.2, -0.15) is 0 Å². The van der Waals surface area contributed by atoms with Gasteiger partial charge in [0.15, 0.2) is 0 Å². The molecule has 0 aliphatic heterocycles. The first-order valence-electron chi connectivity index (χ1n) is 3.50. The Morgan fingerprint density at radius 3 is 2.46 bits per heavy atom. The van der Waals surface area contributed by atoms with Crippen molar-refractivity contribution in [2.24, 2.45) is 0 Å². The van der Waals surface area contributed by atoms with Gasteiger partial charge in [-0.1, -0.05) is 30.3 Å². The Bertz CT molecular complexity index is 285. The molecule has 1 aromatic rings. The van der Waals surface area contributed by atoms with Crippen LogP contribution in [0.4, 0.5) is 0 Å². The predicted molar refractivity (Wildman–Crippen MR) is 51.2 cm³/mol. The standard InChI is InChI=1S/C9H9NO2.Na/c11-9(10-12)7-6-8-4-2-1-3-5-8;/h1-7,12H,(H,10,11);. The number of hydrogen-bond donors (Lipinski definition) is 2. The number of rotatable bonds is 2. The third-order valence-electron chi connectivity index (χ3n) is 1.34. The smallest absolute Gasteiger partial charge is 0.267 e. The third kappa shape index (κ3) is 4.85. The van der Waals surface area contributed by atoms with Crippen LogP contribution in [0.1, 0.15) is 5.56 Å². The van der Waals surface area contributed by atoms with E-state index in [-0.39, 0.29) is 29.6 Å². The summed E-state index contributed by atoms with van der Waals surface area (Å²) < 4.78 is 0. The molecule has 0 spiro atoms. The molecule has 13 heavy (non-hydrogen) atoms. The Labute approximate surface area is 98.7 Å². The predicted octanol–water partition coefficient (Wildman–Crippen LogP) is 0.824. The molecule has 0 fully saturated rings. The summed E-state index contributed by atoms with van der Waals surface area (Å²) in [5.74, 6) is -0.529. The second kappa shape index (κ2) is 6.86. The van der Waals surface area contributed by atoms with Gasteiger partial charge >= 0.3 is 0 Å². The van der Waals surface area contributed by atoms with Gasteiger partial charge < -0.3 is 0 Å². The van der Waals surface area contributed by atoms with E-state index in [1.165, 1.54) is 11.6 Å². The normalized spacial score (nSPS) is 9.31. The molecule has 0 bridgehead atoms. The van der Waals surface area contributed by atoms with E-state index in [1.54, 1.807) is 6.08 Å². The molecule has 0 heterocycles. The van der Waals surface area contributed by atoms with Gasteiger partial charge in [-0.15, -0.1) is 0 Å². The summed E-state index contributed by atoms with van der Waals surface area (Å²) in [4.78, 5) is 10.5. The molecule has 4 heteroatoms. The summed E-state index contributed by atoms with van der Waals surface area (Å²) in [6, 6.07) is 9.36. The van der Waals surface area contributed by atoms with Gasteiger partial charge in [-0.25, -0.2) is 5.48 Å². The second-order valence-electron chi connectivity index (χ2n) is 2.22. The molecule has 1 rings (SSSR count). The zero-order valence-electron chi connectivity index (χ0n) is 7.40. The van der Waals surface area contributed by atoms with E-state index in [2.05, 4.69) is 0 Å². The summed E-state index contributed by atoms with van der Waals surface area (Å²) in [6.07, 6.45) is 2.88. The fourth-order valence-corrected chi connectivity index (χ4v) is 0.773. The summed E-state index contributed by atoms with van der Waals surface area (Å²) in [5.41, 5.74) is 2.43. The fourth-order valence-electron chi connectivity index (χ4n) is 0.773. The number of benzene rings is 1. The van der Waals surface area contributed by atoms with Crippen LogP contribution in [0.2, 0.25) is 0 Å². The minimum Gasteiger partial charge on any atom is -0.288 e. The maximum atomic E-state index is 10.5. The Kier molecular flexibility index (Phi) is 6.54. The largest absolute Gasteiger partial charge is 0.288 e. The van der Waals surface area contributed by atoms with Crippen molar-refractivity contribution in [2.45, 2.75) is 0 Å². The Balaban J connectivity index is 0.00000144. The Hall–Kier alpha value is -0.610. The molecule has 63 valence electrons. The first-order chi connectivity index (χ1) is 5.83. The van der Waals surface area contributed by atoms with E-state index >= 15 is 0 Å². The van der Waals surface area contributed by atoms with E-state index in [0.717, 1.165) is 5.56 Å². The zero-order chi connectivity index (χ0) is 8.81. The van der Waals surface area contributed by atoms with E-state index in [9.17, 15) is 4.79 Å².